The molecule has 2 aromatic heterocycles. The molecule has 2 aromatic rings. The molecule has 1 N–H and O–H groups in total. The molecule has 84 valence electrons. The molecular formula is C10H7N5O2. The smallest absolute Gasteiger partial charge is 0.337 e. The van der Waals surface area contributed by atoms with E-state index in [4.69, 9.17) is 10.4 Å². The van der Waals surface area contributed by atoms with Crippen LogP contribution in [0, 0.1) is 11.3 Å². The van der Waals surface area contributed by atoms with E-state index in [1.165, 1.54) is 23.3 Å². The molecule has 0 saturated heterocycles. The summed E-state index contributed by atoms with van der Waals surface area (Å²) >= 11 is 0. The molecule has 17 heavy (non-hydrogen) atoms. The summed E-state index contributed by atoms with van der Waals surface area (Å²) in [5.41, 5.74) is 0.773. The van der Waals surface area contributed by atoms with Gasteiger partial charge in [-0.25, -0.2) is 14.5 Å². The fourth-order valence-corrected chi connectivity index (χ4v) is 1.23. The van der Waals surface area contributed by atoms with Crippen molar-refractivity contribution in [2.24, 2.45) is 0 Å². The number of nitriles is 1. The van der Waals surface area contributed by atoms with Crippen LogP contribution in [0.25, 0.3) is 0 Å². The van der Waals surface area contributed by atoms with Crippen molar-refractivity contribution in [1.29, 1.82) is 5.26 Å². The lowest BCUT2D eigenvalue weighted by Crippen LogP contribution is -2.04. The van der Waals surface area contributed by atoms with Crippen molar-refractivity contribution in [3.05, 3.63) is 41.7 Å². The summed E-state index contributed by atoms with van der Waals surface area (Å²) in [5, 5.41) is 21.1. The molecule has 0 saturated carbocycles. The van der Waals surface area contributed by atoms with Crippen LogP contribution in [-0.4, -0.2) is 30.8 Å². The molecular weight excluding hydrogens is 222 g/mol. The maximum atomic E-state index is 10.6. The summed E-state index contributed by atoms with van der Waals surface area (Å²) in [4.78, 5) is 18.3. The second-order valence-corrected chi connectivity index (χ2v) is 3.22. The zero-order valence-electron chi connectivity index (χ0n) is 8.61. The Bertz CT molecular complexity index is 581. The first kappa shape index (κ1) is 10.8. The molecule has 0 aromatic carbocycles. The molecule has 2 heterocycles. The second kappa shape index (κ2) is 4.40. The Kier molecular flexibility index (Phi) is 2.79. The van der Waals surface area contributed by atoms with E-state index < -0.39 is 5.97 Å². The zero-order valence-corrected chi connectivity index (χ0v) is 8.61. The monoisotopic (exact) mass is 229 g/mol. The third-order valence-corrected chi connectivity index (χ3v) is 2.03. The Morgan fingerprint density at radius 1 is 1.47 bits per heavy atom. The van der Waals surface area contributed by atoms with Gasteiger partial charge in [-0.05, 0) is 12.1 Å². The van der Waals surface area contributed by atoms with Gasteiger partial charge in [-0.2, -0.15) is 5.26 Å². The topological polar surface area (TPSA) is 105 Å². The first-order valence-corrected chi connectivity index (χ1v) is 4.67. The highest BCUT2D eigenvalue weighted by atomic mass is 16.4. The van der Waals surface area contributed by atoms with Crippen molar-refractivity contribution in [3.8, 4) is 6.07 Å². The number of aromatic carboxylic acids is 1. The van der Waals surface area contributed by atoms with Crippen LogP contribution in [0.3, 0.4) is 0 Å². The van der Waals surface area contributed by atoms with Crippen molar-refractivity contribution in [2.45, 2.75) is 6.54 Å². The summed E-state index contributed by atoms with van der Waals surface area (Å²) in [6.07, 6.45) is 2.70. The number of hydrogen-bond acceptors (Lipinski definition) is 5. The van der Waals surface area contributed by atoms with Crippen LogP contribution in [0.5, 0.6) is 0 Å². The first-order valence-electron chi connectivity index (χ1n) is 4.67. The highest BCUT2D eigenvalue weighted by Crippen LogP contribution is 2.02. The van der Waals surface area contributed by atoms with Gasteiger partial charge in [0.15, 0.2) is 0 Å². The highest BCUT2D eigenvalue weighted by Gasteiger charge is 2.04. The predicted molar refractivity (Wildman–Crippen MR) is 55.0 cm³/mol. The summed E-state index contributed by atoms with van der Waals surface area (Å²) in [7, 11) is 0. The number of hydrogen-bond donors (Lipinski definition) is 1. The molecule has 0 aliphatic rings. The first-order chi connectivity index (χ1) is 8.19. The Morgan fingerprint density at radius 2 is 2.29 bits per heavy atom. The Morgan fingerprint density at radius 3 is 2.82 bits per heavy atom. The predicted octanol–water partition coefficient (Wildman–Crippen LogP) is 0.291. The lowest BCUT2D eigenvalue weighted by Gasteiger charge is -2.00. The van der Waals surface area contributed by atoms with Crippen molar-refractivity contribution >= 4 is 5.97 Å². The number of pyridine rings is 1. The van der Waals surface area contributed by atoms with Gasteiger partial charge in [0.05, 0.1) is 17.8 Å². The fourth-order valence-electron chi connectivity index (χ4n) is 1.23. The van der Waals surface area contributed by atoms with Gasteiger partial charge >= 0.3 is 5.97 Å². The average Bonchev–Trinajstić information content (AvgIpc) is 2.77. The van der Waals surface area contributed by atoms with Gasteiger partial charge in [-0.15, -0.1) is 5.10 Å². The normalized spacial score (nSPS) is 9.82. The van der Waals surface area contributed by atoms with Gasteiger partial charge < -0.3 is 5.11 Å². The van der Waals surface area contributed by atoms with Crippen LogP contribution in [0.2, 0.25) is 0 Å². The molecule has 0 bridgehead atoms. The fraction of sp³-hybridized carbons (Fsp3) is 0.100. The number of carbonyl (C=O) groups is 1. The van der Waals surface area contributed by atoms with E-state index in [0.717, 1.165) is 0 Å². The molecule has 0 spiro atoms. The van der Waals surface area contributed by atoms with Gasteiger partial charge in [-0.1, -0.05) is 0 Å². The van der Waals surface area contributed by atoms with Crippen molar-refractivity contribution in [1.82, 2.24) is 19.7 Å². The van der Waals surface area contributed by atoms with E-state index in [1.807, 2.05) is 6.07 Å². The highest BCUT2D eigenvalue weighted by molar-refractivity contribution is 5.87. The van der Waals surface area contributed by atoms with Gasteiger partial charge in [0, 0.05) is 6.20 Å². The second-order valence-electron chi connectivity index (χ2n) is 3.22. The molecule has 2 rings (SSSR count). The lowest BCUT2D eigenvalue weighted by atomic mass is 10.2. The number of carboxylic acid groups (broad SMARTS) is 1. The van der Waals surface area contributed by atoms with Crippen LogP contribution < -0.4 is 0 Å². The summed E-state index contributed by atoms with van der Waals surface area (Å²) in [5.74, 6) is -0.927. The van der Waals surface area contributed by atoms with E-state index in [-0.39, 0.29) is 11.4 Å². The number of nitrogens with zero attached hydrogens (tertiary/aromatic N) is 5. The van der Waals surface area contributed by atoms with Crippen LogP contribution >= 0.6 is 0 Å². The molecule has 7 heteroatoms. The quantitative estimate of drug-likeness (QED) is 0.811. The SMILES string of the molecule is N#Cc1ncn(Cc2ccc(C(=O)O)cn2)n1. The molecule has 0 aliphatic carbocycles. The number of carboxylic acids is 1. The van der Waals surface area contributed by atoms with E-state index in [9.17, 15) is 4.79 Å². The maximum absolute atomic E-state index is 10.6. The van der Waals surface area contributed by atoms with Gasteiger partial charge in [0.1, 0.15) is 12.4 Å². The molecule has 0 aliphatic heterocycles. The minimum absolute atomic E-state index is 0.0900. The Labute approximate surface area is 96.0 Å². The minimum atomic E-state index is -1.02. The lowest BCUT2D eigenvalue weighted by molar-refractivity contribution is 0.0696. The van der Waals surface area contributed by atoms with Crippen LogP contribution in [0.15, 0.2) is 24.7 Å². The van der Waals surface area contributed by atoms with Crippen molar-refractivity contribution in [2.75, 3.05) is 0 Å². The zero-order chi connectivity index (χ0) is 12.3. The Balaban J connectivity index is 2.14. The molecule has 0 radical (unpaired) electrons. The maximum Gasteiger partial charge on any atom is 0.337 e. The molecule has 7 nitrogen and oxygen atoms in total. The largest absolute Gasteiger partial charge is 0.478 e. The van der Waals surface area contributed by atoms with E-state index in [0.29, 0.717) is 12.2 Å². The number of rotatable bonds is 3. The Hall–Kier alpha value is -2.75. The number of aromatic nitrogens is 4. The van der Waals surface area contributed by atoms with Crippen LogP contribution in [0.1, 0.15) is 21.9 Å². The van der Waals surface area contributed by atoms with E-state index >= 15 is 0 Å². The molecule has 0 amide bonds. The standard InChI is InChI=1S/C10H7N5O2/c11-3-9-13-6-15(14-9)5-8-2-1-7(4-12-8)10(16)17/h1-2,4,6H,5H2,(H,16,17). The van der Waals surface area contributed by atoms with E-state index in [1.54, 1.807) is 6.07 Å². The summed E-state index contributed by atoms with van der Waals surface area (Å²) < 4.78 is 1.46. The van der Waals surface area contributed by atoms with Crippen molar-refractivity contribution in [3.63, 3.8) is 0 Å². The van der Waals surface area contributed by atoms with Gasteiger partial charge in [0.2, 0.25) is 0 Å². The van der Waals surface area contributed by atoms with Crippen LogP contribution in [0.4, 0.5) is 0 Å². The van der Waals surface area contributed by atoms with E-state index in [2.05, 4.69) is 15.1 Å². The molecule has 0 fully saturated rings. The summed E-state index contributed by atoms with van der Waals surface area (Å²) in [6, 6.07) is 4.88. The average molecular weight is 229 g/mol. The third-order valence-electron chi connectivity index (χ3n) is 2.03. The molecule has 0 unspecified atom stereocenters. The summed E-state index contributed by atoms with van der Waals surface area (Å²) in [6.45, 7) is 0.342. The van der Waals surface area contributed by atoms with Crippen molar-refractivity contribution < 1.29 is 9.90 Å². The molecule has 0 atom stereocenters. The third kappa shape index (κ3) is 2.43. The van der Waals surface area contributed by atoms with Gasteiger partial charge in [0.25, 0.3) is 5.82 Å². The van der Waals surface area contributed by atoms with Gasteiger partial charge in [-0.3, -0.25) is 4.98 Å². The van der Waals surface area contributed by atoms with Crippen LogP contribution in [-0.2, 0) is 6.54 Å². The minimum Gasteiger partial charge on any atom is -0.478 e.